The zero-order valence-corrected chi connectivity index (χ0v) is 8.93. The molecule has 2 rings (SSSR count). The fourth-order valence-corrected chi connectivity index (χ4v) is 2.37. The van der Waals surface area contributed by atoms with Crippen LogP contribution in [0.25, 0.3) is 0 Å². The van der Waals surface area contributed by atoms with Crippen LogP contribution in [0.4, 0.5) is 0 Å². The Bertz CT molecular complexity index is 305. The summed E-state index contributed by atoms with van der Waals surface area (Å²) in [6.07, 6.45) is 4.25. The molecule has 0 aromatic heterocycles. The first kappa shape index (κ1) is 9.66. The SMILES string of the molecule is C1=C(SCc2ccccc2)CCCO1. The maximum Gasteiger partial charge on any atom is 0.0923 e. The van der Waals surface area contributed by atoms with Crippen LogP contribution in [0.5, 0.6) is 0 Å². The lowest BCUT2D eigenvalue weighted by molar-refractivity contribution is 0.229. The minimum atomic E-state index is 0.884. The van der Waals surface area contributed by atoms with Gasteiger partial charge in [-0.25, -0.2) is 0 Å². The summed E-state index contributed by atoms with van der Waals surface area (Å²) in [7, 11) is 0. The number of rotatable bonds is 3. The number of ether oxygens (including phenoxy) is 1. The van der Waals surface area contributed by atoms with Crippen LogP contribution >= 0.6 is 11.8 Å². The van der Waals surface area contributed by atoms with Crippen molar-refractivity contribution in [3.05, 3.63) is 47.1 Å². The highest BCUT2D eigenvalue weighted by atomic mass is 32.2. The van der Waals surface area contributed by atoms with Crippen LogP contribution in [0, 0.1) is 0 Å². The van der Waals surface area contributed by atoms with Gasteiger partial charge >= 0.3 is 0 Å². The minimum absolute atomic E-state index is 0.884. The summed E-state index contributed by atoms with van der Waals surface area (Å²) in [5.74, 6) is 1.05. The van der Waals surface area contributed by atoms with Gasteiger partial charge in [-0.1, -0.05) is 30.3 Å². The topological polar surface area (TPSA) is 9.23 Å². The predicted molar refractivity (Wildman–Crippen MR) is 61.0 cm³/mol. The summed E-state index contributed by atoms with van der Waals surface area (Å²) in [5, 5.41) is 0. The summed E-state index contributed by atoms with van der Waals surface area (Å²) in [4.78, 5) is 1.38. The van der Waals surface area contributed by atoms with E-state index >= 15 is 0 Å². The zero-order chi connectivity index (χ0) is 9.64. The average Bonchev–Trinajstić information content (AvgIpc) is 2.29. The number of benzene rings is 1. The van der Waals surface area contributed by atoms with Crippen molar-refractivity contribution in [2.75, 3.05) is 6.61 Å². The van der Waals surface area contributed by atoms with E-state index in [0.717, 1.165) is 18.8 Å². The smallest absolute Gasteiger partial charge is 0.0923 e. The van der Waals surface area contributed by atoms with Crippen LogP contribution in [-0.2, 0) is 10.5 Å². The largest absolute Gasteiger partial charge is 0.500 e. The van der Waals surface area contributed by atoms with E-state index in [-0.39, 0.29) is 0 Å². The van der Waals surface area contributed by atoms with Gasteiger partial charge in [0.25, 0.3) is 0 Å². The molecule has 1 aliphatic heterocycles. The lowest BCUT2D eigenvalue weighted by Gasteiger charge is -2.12. The molecule has 0 fully saturated rings. The van der Waals surface area contributed by atoms with E-state index in [9.17, 15) is 0 Å². The summed E-state index contributed by atoms with van der Waals surface area (Å²) in [6.45, 7) is 0.884. The average molecular weight is 206 g/mol. The fourth-order valence-electron chi connectivity index (χ4n) is 1.40. The molecule has 0 bridgehead atoms. The zero-order valence-electron chi connectivity index (χ0n) is 8.11. The fraction of sp³-hybridized carbons (Fsp3) is 0.333. The first-order valence-electron chi connectivity index (χ1n) is 4.92. The second kappa shape index (κ2) is 5.11. The molecule has 1 aliphatic rings. The molecule has 74 valence electrons. The number of allylic oxidation sites excluding steroid dienone is 1. The van der Waals surface area contributed by atoms with Crippen LogP contribution in [0.15, 0.2) is 41.5 Å². The normalized spacial score (nSPS) is 15.9. The standard InChI is InChI=1S/C12H14OS/c1-2-5-11(6-3-1)10-14-12-7-4-8-13-9-12/h1-3,5-6,9H,4,7-8,10H2. The molecule has 0 saturated carbocycles. The molecule has 1 aromatic carbocycles. The monoisotopic (exact) mass is 206 g/mol. The van der Waals surface area contributed by atoms with Gasteiger partial charge < -0.3 is 4.74 Å². The van der Waals surface area contributed by atoms with Gasteiger partial charge in [-0.05, 0) is 18.4 Å². The molecule has 0 aliphatic carbocycles. The molecule has 1 aromatic rings. The van der Waals surface area contributed by atoms with Gasteiger partial charge in [-0.3, -0.25) is 0 Å². The molecule has 1 heterocycles. The second-order valence-electron chi connectivity index (χ2n) is 3.33. The Morgan fingerprint density at radius 1 is 1.21 bits per heavy atom. The van der Waals surface area contributed by atoms with Crippen molar-refractivity contribution < 1.29 is 4.74 Å². The number of hydrogen-bond acceptors (Lipinski definition) is 2. The molecule has 2 heteroatoms. The Hall–Kier alpha value is -0.890. The van der Waals surface area contributed by atoms with E-state index in [2.05, 4.69) is 30.3 Å². The third-order valence-corrected chi connectivity index (χ3v) is 3.32. The third kappa shape index (κ3) is 2.81. The van der Waals surface area contributed by atoms with Gasteiger partial charge in [-0.2, -0.15) is 0 Å². The molecule has 0 spiro atoms. The van der Waals surface area contributed by atoms with E-state index in [0.29, 0.717) is 0 Å². The number of thioether (sulfide) groups is 1. The molecular weight excluding hydrogens is 192 g/mol. The first-order chi connectivity index (χ1) is 6.95. The van der Waals surface area contributed by atoms with Gasteiger partial charge in [0.1, 0.15) is 0 Å². The van der Waals surface area contributed by atoms with Crippen LogP contribution in [0.2, 0.25) is 0 Å². The van der Waals surface area contributed by atoms with Crippen molar-refractivity contribution >= 4 is 11.8 Å². The van der Waals surface area contributed by atoms with Gasteiger partial charge in [-0.15, -0.1) is 11.8 Å². The molecule has 1 nitrogen and oxygen atoms in total. The molecule has 0 saturated heterocycles. The van der Waals surface area contributed by atoms with Crippen LogP contribution < -0.4 is 0 Å². The predicted octanol–water partition coefficient (Wildman–Crippen LogP) is 3.57. The second-order valence-corrected chi connectivity index (χ2v) is 4.43. The van der Waals surface area contributed by atoms with Crippen molar-refractivity contribution in [2.45, 2.75) is 18.6 Å². The van der Waals surface area contributed by atoms with Gasteiger partial charge in [0.15, 0.2) is 0 Å². The highest BCUT2D eigenvalue weighted by Crippen LogP contribution is 2.27. The maximum absolute atomic E-state index is 5.29. The molecule has 0 radical (unpaired) electrons. The number of hydrogen-bond donors (Lipinski definition) is 0. The van der Waals surface area contributed by atoms with E-state index < -0.39 is 0 Å². The van der Waals surface area contributed by atoms with Crippen molar-refractivity contribution in [2.24, 2.45) is 0 Å². The van der Waals surface area contributed by atoms with E-state index in [1.165, 1.54) is 16.9 Å². The van der Waals surface area contributed by atoms with Crippen molar-refractivity contribution in [3.8, 4) is 0 Å². The van der Waals surface area contributed by atoms with E-state index in [1.807, 2.05) is 18.0 Å². The Morgan fingerprint density at radius 2 is 2.07 bits per heavy atom. The highest BCUT2D eigenvalue weighted by molar-refractivity contribution is 8.02. The summed E-state index contributed by atoms with van der Waals surface area (Å²) in [5.41, 5.74) is 1.38. The molecule has 0 unspecified atom stereocenters. The first-order valence-corrected chi connectivity index (χ1v) is 5.91. The lowest BCUT2D eigenvalue weighted by Crippen LogP contribution is -1.96. The highest BCUT2D eigenvalue weighted by Gasteiger charge is 2.04. The Morgan fingerprint density at radius 3 is 2.79 bits per heavy atom. The Kier molecular flexibility index (Phi) is 3.52. The molecule has 0 N–H and O–H groups in total. The third-order valence-electron chi connectivity index (χ3n) is 2.17. The molecular formula is C12H14OS. The van der Waals surface area contributed by atoms with Crippen LogP contribution in [0.3, 0.4) is 0 Å². The van der Waals surface area contributed by atoms with Crippen molar-refractivity contribution in [1.82, 2.24) is 0 Å². The van der Waals surface area contributed by atoms with Crippen LogP contribution in [-0.4, -0.2) is 6.61 Å². The van der Waals surface area contributed by atoms with Crippen molar-refractivity contribution in [3.63, 3.8) is 0 Å². The van der Waals surface area contributed by atoms with Crippen LogP contribution in [0.1, 0.15) is 18.4 Å². The quantitative estimate of drug-likeness (QED) is 0.747. The molecule has 0 atom stereocenters. The minimum Gasteiger partial charge on any atom is -0.500 e. The van der Waals surface area contributed by atoms with Crippen molar-refractivity contribution in [1.29, 1.82) is 0 Å². The Labute approximate surface area is 89.2 Å². The van der Waals surface area contributed by atoms with Gasteiger partial charge in [0.05, 0.1) is 12.9 Å². The van der Waals surface area contributed by atoms with Gasteiger partial charge in [0, 0.05) is 10.7 Å². The maximum atomic E-state index is 5.29. The molecule has 0 amide bonds. The van der Waals surface area contributed by atoms with E-state index in [4.69, 9.17) is 4.74 Å². The molecule has 14 heavy (non-hydrogen) atoms. The Balaban J connectivity index is 1.85. The summed E-state index contributed by atoms with van der Waals surface area (Å²) >= 11 is 1.89. The van der Waals surface area contributed by atoms with Gasteiger partial charge in [0.2, 0.25) is 0 Å². The summed E-state index contributed by atoms with van der Waals surface area (Å²) < 4.78 is 5.29. The lowest BCUT2D eigenvalue weighted by atomic mass is 10.2. The summed E-state index contributed by atoms with van der Waals surface area (Å²) in [6, 6.07) is 10.6. The van der Waals surface area contributed by atoms with E-state index in [1.54, 1.807) is 0 Å².